The van der Waals surface area contributed by atoms with Crippen molar-refractivity contribution < 1.29 is 0 Å². The van der Waals surface area contributed by atoms with E-state index in [9.17, 15) is 9.59 Å². The molecule has 0 saturated carbocycles. The van der Waals surface area contributed by atoms with E-state index >= 15 is 0 Å². The fraction of sp³-hybridized carbons (Fsp3) is 0.286. The van der Waals surface area contributed by atoms with E-state index in [4.69, 9.17) is 0 Å². The van der Waals surface area contributed by atoms with E-state index in [0.717, 1.165) is 54.6 Å². The summed E-state index contributed by atoms with van der Waals surface area (Å²) in [5.74, 6) is 0. The Labute approximate surface area is 192 Å². The van der Waals surface area contributed by atoms with E-state index in [2.05, 4.69) is 41.7 Å². The molecule has 0 unspecified atom stereocenters. The normalized spacial score (nSPS) is 11.7. The molecule has 0 aliphatic carbocycles. The minimum Gasteiger partial charge on any atom is -0.370 e. The smallest absolute Gasteiger partial charge is 0.197 e. The van der Waals surface area contributed by atoms with E-state index in [-0.39, 0.29) is 10.9 Å². The highest BCUT2D eigenvalue weighted by Gasteiger charge is 2.15. The summed E-state index contributed by atoms with van der Waals surface area (Å²) < 4.78 is 0. The second-order valence-corrected chi connectivity index (χ2v) is 8.77. The zero-order valence-electron chi connectivity index (χ0n) is 19.4. The van der Waals surface area contributed by atoms with Gasteiger partial charge in [-0.25, -0.2) is 0 Å². The van der Waals surface area contributed by atoms with Gasteiger partial charge in [0.05, 0.1) is 22.2 Å². The van der Waals surface area contributed by atoms with Gasteiger partial charge in [0, 0.05) is 40.2 Å². The topological polar surface area (TPSA) is 69.0 Å². The van der Waals surface area contributed by atoms with Gasteiger partial charge in [0.2, 0.25) is 0 Å². The van der Waals surface area contributed by atoms with Crippen molar-refractivity contribution in [3.63, 3.8) is 0 Å². The third-order valence-electron chi connectivity index (χ3n) is 6.53. The van der Waals surface area contributed by atoms with Crippen molar-refractivity contribution in [1.29, 1.82) is 0 Å². The molecule has 0 aliphatic heterocycles. The molecule has 0 amide bonds. The molecule has 5 heteroatoms. The van der Waals surface area contributed by atoms with Gasteiger partial charge in [0.1, 0.15) is 0 Å². The van der Waals surface area contributed by atoms with Crippen molar-refractivity contribution >= 4 is 49.3 Å². The third-order valence-corrected chi connectivity index (χ3v) is 6.53. The lowest BCUT2D eigenvalue weighted by atomic mass is 10.0. The van der Waals surface area contributed by atoms with Crippen LogP contribution in [0.1, 0.15) is 39.2 Å². The first-order valence-corrected chi connectivity index (χ1v) is 11.9. The van der Waals surface area contributed by atoms with Crippen LogP contribution in [0.4, 0.5) is 5.69 Å². The van der Waals surface area contributed by atoms with Crippen LogP contribution in [0, 0.1) is 0 Å². The lowest BCUT2D eigenvalue weighted by molar-refractivity contribution is 0.747. The number of hydrogen-bond donors (Lipinski definition) is 2. The number of rotatable bonds is 6. The standard InChI is InChI=1S/C28H29N3O2/c1-4-12-31(13-5-2)25-9-7-8-18-26(25)30-24-16-20-23(15-21(24)27(18)32)29-22-11-10-17(6-3)14-19(22)28(20)33/h7-11,14-16H,4-6,12-13H2,1-3H3,(H,29,33)(H,30,32). The van der Waals surface area contributed by atoms with E-state index < -0.39 is 0 Å². The summed E-state index contributed by atoms with van der Waals surface area (Å²) in [6.45, 7) is 8.27. The average Bonchev–Trinajstić information content (AvgIpc) is 2.83. The number of nitrogens with zero attached hydrogens (tertiary/aromatic N) is 1. The van der Waals surface area contributed by atoms with Crippen molar-refractivity contribution in [2.75, 3.05) is 18.0 Å². The quantitative estimate of drug-likeness (QED) is 0.325. The molecule has 5 rings (SSSR count). The van der Waals surface area contributed by atoms with Gasteiger partial charge < -0.3 is 14.9 Å². The van der Waals surface area contributed by atoms with Crippen LogP contribution in [0.5, 0.6) is 0 Å². The van der Waals surface area contributed by atoms with E-state index in [1.807, 2.05) is 42.5 Å². The zero-order valence-corrected chi connectivity index (χ0v) is 19.4. The van der Waals surface area contributed by atoms with Crippen LogP contribution in [0.3, 0.4) is 0 Å². The number of aryl methyl sites for hydroxylation is 1. The van der Waals surface area contributed by atoms with Crippen molar-refractivity contribution in [2.24, 2.45) is 0 Å². The number of para-hydroxylation sites is 1. The number of hydrogen-bond acceptors (Lipinski definition) is 3. The Morgan fingerprint density at radius 2 is 1.33 bits per heavy atom. The molecule has 2 heterocycles. The predicted molar refractivity (Wildman–Crippen MR) is 140 cm³/mol. The van der Waals surface area contributed by atoms with Gasteiger partial charge in [0.15, 0.2) is 10.9 Å². The first-order valence-electron chi connectivity index (χ1n) is 11.9. The highest BCUT2D eigenvalue weighted by Crippen LogP contribution is 2.28. The molecular formula is C28H29N3O2. The maximum Gasteiger partial charge on any atom is 0.197 e. The minimum absolute atomic E-state index is 0.0104. The summed E-state index contributed by atoms with van der Waals surface area (Å²) in [6, 6.07) is 15.5. The van der Waals surface area contributed by atoms with Crippen LogP contribution in [-0.4, -0.2) is 23.1 Å². The van der Waals surface area contributed by atoms with Crippen LogP contribution in [-0.2, 0) is 6.42 Å². The molecule has 0 atom stereocenters. The predicted octanol–water partition coefficient (Wildman–Crippen LogP) is 5.86. The van der Waals surface area contributed by atoms with Gasteiger partial charge in [-0.1, -0.05) is 32.9 Å². The number of aromatic amines is 2. The Bertz CT molecular complexity index is 1620. The first kappa shape index (κ1) is 21.3. The number of fused-ring (bicyclic) bond motifs is 4. The highest BCUT2D eigenvalue weighted by atomic mass is 16.1. The largest absolute Gasteiger partial charge is 0.370 e. The molecule has 0 saturated heterocycles. The highest BCUT2D eigenvalue weighted by molar-refractivity contribution is 6.04. The minimum atomic E-state index is -0.0160. The van der Waals surface area contributed by atoms with Crippen molar-refractivity contribution in [3.05, 3.63) is 74.5 Å². The Morgan fingerprint density at radius 3 is 2.00 bits per heavy atom. The number of pyridine rings is 2. The lowest BCUT2D eigenvalue weighted by Gasteiger charge is -2.25. The maximum atomic E-state index is 13.5. The molecule has 0 radical (unpaired) electrons. The summed E-state index contributed by atoms with van der Waals surface area (Å²) in [4.78, 5) is 36.1. The monoisotopic (exact) mass is 439 g/mol. The molecule has 168 valence electrons. The molecule has 0 fully saturated rings. The molecule has 3 aromatic carbocycles. The van der Waals surface area contributed by atoms with Crippen LogP contribution in [0.25, 0.3) is 43.6 Å². The summed E-state index contributed by atoms with van der Waals surface area (Å²) in [7, 11) is 0. The first-order chi connectivity index (χ1) is 16.0. The van der Waals surface area contributed by atoms with Crippen LogP contribution in [0.15, 0.2) is 58.1 Å². The average molecular weight is 440 g/mol. The number of aromatic nitrogens is 2. The van der Waals surface area contributed by atoms with Crippen molar-refractivity contribution in [3.8, 4) is 0 Å². The third kappa shape index (κ3) is 3.48. The Hall–Kier alpha value is -3.60. The SMILES string of the molecule is CCCN(CCC)c1cccc2c(=O)c3cc4[nH]c5ccc(CC)cc5c(=O)c4cc3[nH]c12. The molecule has 0 aliphatic rings. The number of anilines is 1. The molecule has 0 bridgehead atoms. The molecule has 2 aromatic heterocycles. The summed E-state index contributed by atoms with van der Waals surface area (Å²) >= 11 is 0. The van der Waals surface area contributed by atoms with E-state index in [0.29, 0.717) is 32.6 Å². The second kappa shape index (κ2) is 8.39. The molecule has 33 heavy (non-hydrogen) atoms. The van der Waals surface area contributed by atoms with Crippen LogP contribution in [0.2, 0.25) is 0 Å². The number of benzene rings is 3. The van der Waals surface area contributed by atoms with Crippen molar-refractivity contribution in [2.45, 2.75) is 40.0 Å². The Kier molecular flexibility index (Phi) is 5.41. The number of H-pyrrole nitrogens is 2. The summed E-state index contributed by atoms with van der Waals surface area (Å²) in [5, 5.41) is 2.54. The zero-order chi connectivity index (χ0) is 23.1. The number of nitrogens with one attached hydrogen (secondary N) is 2. The fourth-order valence-electron chi connectivity index (χ4n) is 4.88. The molecular weight excluding hydrogens is 410 g/mol. The van der Waals surface area contributed by atoms with E-state index in [1.54, 1.807) is 0 Å². The fourth-order valence-corrected chi connectivity index (χ4v) is 4.88. The lowest BCUT2D eigenvalue weighted by Crippen LogP contribution is -2.25. The molecule has 5 nitrogen and oxygen atoms in total. The Balaban J connectivity index is 1.84. The van der Waals surface area contributed by atoms with Gasteiger partial charge >= 0.3 is 0 Å². The molecule has 5 aromatic rings. The van der Waals surface area contributed by atoms with Gasteiger partial charge in [-0.3, -0.25) is 9.59 Å². The maximum absolute atomic E-state index is 13.5. The van der Waals surface area contributed by atoms with Gasteiger partial charge in [-0.15, -0.1) is 0 Å². The van der Waals surface area contributed by atoms with Gasteiger partial charge in [0.25, 0.3) is 0 Å². The summed E-state index contributed by atoms with van der Waals surface area (Å²) in [5.41, 5.74) is 5.14. The summed E-state index contributed by atoms with van der Waals surface area (Å²) in [6.07, 6.45) is 2.93. The van der Waals surface area contributed by atoms with Crippen molar-refractivity contribution in [1.82, 2.24) is 9.97 Å². The van der Waals surface area contributed by atoms with Gasteiger partial charge in [-0.05, 0) is 61.2 Å². The van der Waals surface area contributed by atoms with Crippen LogP contribution < -0.4 is 15.8 Å². The Morgan fingerprint density at radius 1 is 0.697 bits per heavy atom. The van der Waals surface area contributed by atoms with Crippen LogP contribution >= 0.6 is 0 Å². The molecule has 0 spiro atoms. The molecule has 2 N–H and O–H groups in total. The van der Waals surface area contributed by atoms with Gasteiger partial charge in [-0.2, -0.15) is 0 Å². The second-order valence-electron chi connectivity index (χ2n) is 8.77. The van der Waals surface area contributed by atoms with E-state index in [1.165, 1.54) is 0 Å².